The lowest BCUT2D eigenvalue weighted by atomic mass is 9.84. The molecule has 5 heterocycles. The summed E-state index contributed by atoms with van der Waals surface area (Å²) in [6, 6.07) is 11.6. The molecule has 4 amide bonds. The van der Waals surface area contributed by atoms with Crippen LogP contribution in [0.5, 0.6) is 0 Å². The zero-order valence-corrected chi connectivity index (χ0v) is 41.1. The Morgan fingerprint density at radius 1 is 1.03 bits per heavy atom. The first kappa shape index (κ1) is 50.0. The summed E-state index contributed by atoms with van der Waals surface area (Å²) in [5.41, 5.74) is 8.85. The number of aliphatic imine (C=N–C) groups is 1. The lowest BCUT2D eigenvalue weighted by Crippen LogP contribution is -2.62. The van der Waals surface area contributed by atoms with E-state index in [4.69, 9.17) is 19.2 Å². The van der Waals surface area contributed by atoms with Crippen LogP contribution in [-0.2, 0) is 57.6 Å². The largest absolute Gasteiger partial charge is 0.464 e. The summed E-state index contributed by atoms with van der Waals surface area (Å²) in [5, 5.41) is 5.54. The topological polar surface area (TPSA) is 164 Å². The minimum Gasteiger partial charge on any atom is -0.464 e. The van der Waals surface area contributed by atoms with Crippen LogP contribution < -0.4 is 10.7 Å². The smallest absolute Gasteiger partial charge is 0.324 e. The van der Waals surface area contributed by atoms with Crippen LogP contribution in [0.3, 0.4) is 0 Å². The van der Waals surface area contributed by atoms with E-state index in [9.17, 15) is 24.0 Å². The maximum atomic E-state index is 14.8. The number of carbonyl (C=O) groups excluding carboxylic acids is 5. The van der Waals surface area contributed by atoms with Crippen molar-refractivity contribution in [2.24, 2.45) is 16.3 Å². The monoisotopic (exact) mass is 932 g/mol. The Hall–Kier alpha value is -5.90. The number of hydrogen-bond acceptors (Lipinski definition) is 10. The predicted octanol–water partition coefficient (Wildman–Crippen LogP) is 6.39. The van der Waals surface area contributed by atoms with Gasteiger partial charge in [-0.2, -0.15) is 0 Å². The molecule has 15 nitrogen and oxygen atoms in total. The zero-order valence-electron chi connectivity index (χ0n) is 41.1. The number of allylic oxidation sites excluding steroid dienone is 2. The summed E-state index contributed by atoms with van der Waals surface area (Å²) in [7, 11) is 1.67. The van der Waals surface area contributed by atoms with Crippen molar-refractivity contribution in [3.63, 3.8) is 0 Å². The molecule has 364 valence electrons. The van der Waals surface area contributed by atoms with Crippen LogP contribution in [0.1, 0.15) is 91.0 Å². The van der Waals surface area contributed by atoms with Gasteiger partial charge >= 0.3 is 5.97 Å². The molecule has 0 radical (unpaired) electrons. The van der Waals surface area contributed by atoms with Gasteiger partial charge in [-0.15, -0.1) is 0 Å². The first-order chi connectivity index (χ1) is 32.5. The van der Waals surface area contributed by atoms with Gasteiger partial charge in [0.2, 0.25) is 11.8 Å². The van der Waals surface area contributed by atoms with Crippen LogP contribution >= 0.6 is 0 Å². The van der Waals surface area contributed by atoms with Gasteiger partial charge in [0.05, 0.1) is 24.1 Å². The second-order valence-corrected chi connectivity index (χ2v) is 19.6. The van der Waals surface area contributed by atoms with Gasteiger partial charge in [0.15, 0.2) is 5.60 Å². The molecule has 68 heavy (non-hydrogen) atoms. The number of esters is 1. The Labute approximate surface area is 400 Å². The molecule has 4 aliphatic rings. The lowest BCUT2D eigenvalue weighted by Gasteiger charge is -2.38. The van der Waals surface area contributed by atoms with Crippen molar-refractivity contribution >= 4 is 52.3 Å². The molecule has 4 aliphatic heterocycles. The summed E-state index contributed by atoms with van der Waals surface area (Å²) >= 11 is 0. The van der Waals surface area contributed by atoms with Gasteiger partial charge in [0.1, 0.15) is 24.9 Å². The maximum Gasteiger partial charge on any atom is 0.324 e. The van der Waals surface area contributed by atoms with Gasteiger partial charge in [-0.1, -0.05) is 77.3 Å². The fraction of sp³-hybridized carbons (Fsp3) is 0.509. The molecular formula is C53H69N7O8. The number of piperidine rings is 1. The Balaban J connectivity index is 1.29. The molecule has 2 N–H and O–H groups in total. The van der Waals surface area contributed by atoms with Gasteiger partial charge in [0.25, 0.3) is 11.8 Å². The average molecular weight is 932 g/mol. The second-order valence-electron chi connectivity index (χ2n) is 19.6. The number of nitrogens with zero attached hydrogens (tertiary/aromatic N) is 5. The number of cyclic esters (lactones) is 1. The number of nitrogens with one attached hydrogen (secondary N) is 2. The first-order valence-corrected chi connectivity index (χ1v) is 24.0. The standard InChI is InChI=1S/C53H69N7O8/c1-11-38(45(54-13-3)34(7)66-10)47-40-30-52(8,9)31-67-50(64)41-19-16-24-60(56-41)49(63)42(28-35-17-15-18-36(27-35)37-20-21-43(39(40)29-37)58(47)14-4)55-48(62)46(33(5)6)59-32-68-53(51(59)65)22-25-57(26-23-53)44(61)12-2/h11-13,15,17-18,20-21,27,29,33-34,41-42,46,56H,1-2,14,16,19,22-26,28,30-32H2,3-10H3,(H,55,62)/b45-38+,54-13?/t34-,41-,42-,46-/m0/s1. The number of rotatable bonds is 11. The molecule has 6 bridgehead atoms. The fourth-order valence-electron chi connectivity index (χ4n) is 10.3. The number of benzene rings is 2. The van der Waals surface area contributed by atoms with Gasteiger partial charge in [-0.3, -0.25) is 34.0 Å². The molecule has 3 fully saturated rings. The van der Waals surface area contributed by atoms with E-state index in [-0.39, 0.29) is 43.6 Å². The first-order valence-electron chi connectivity index (χ1n) is 24.0. The highest BCUT2D eigenvalue weighted by Crippen LogP contribution is 2.41. The number of carbonyl (C=O) groups is 5. The molecule has 3 saturated heterocycles. The van der Waals surface area contributed by atoms with Crippen molar-refractivity contribution in [1.29, 1.82) is 0 Å². The number of hydrogen-bond donors (Lipinski definition) is 2. The summed E-state index contributed by atoms with van der Waals surface area (Å²) < 4.78 is 20.5. The van der Waals surface area contributed by atoms with Crippen LogP contribution in [0, 0.1) is 11.3 Å². The minimum atomic E-state index is -1.15. The summed E-state index contributed by atoms with van der Waals surface area (Å²) in [4.78, 5) is 77.9. The van der Waals surface area contributed by atoms with Gasteiger partial charge in [-0.05, 0) is 86.4 Å². The third-order valence-corrected chi connectivity index (χ3v) is 14.0. The van der Waals surface area contributed by atoms with Gasteiger partial charge < -0.3 is 33.9 Å². The van der Waals surface area contributed by atoms with Gasteiger partial charge in [0, 0.05) is 80.7 Å². The van der Waals surface area contributed by atoms with E-state index in [0.29, 0.717) is 58.3 Å². The molecule has 15 heteroatoms. The van der Waals surface area contributed by atoms with Crippen LogP contribution in [0.2, 0.25) is 0 Å². The third-order valence-electron chi connectivity index (χ3n) is 14.0. The van der Waals surface area contributed by atoms with Crippen molar-refractivity contribution in [3.05, 3.63) is 90.3 Å². The van der Waals surface area contributed by atoms with E-state index in [0.717, 1.165) is 50.1 Å². The summed E-state index contributed by atoms with van der Waals surface area (Å²) in [6.07, 6.45) is 6.81. The summed E-state index contributed by atoms with van der Waals surface area (Å²) in [6.45, 7) is 23.4. The number of aryl methyl sites for hydroxylation is 1. The molecular weight excluding hydrogens is 863 g/mol. The number of ether oxygens (including phenoxy) is 3. The van der Waals surface area contributed by atoms with E-state index >= 15 is 0 Å². The van der Waals surface area contributed by atoms with E-state index < -0.39 is 46.9 Å². The van der Waals surface area contributed by atoms with Crippen molar-refractivity contribution in [3.8, 4) is 11.1 Å². The molecule has 0 unspecified atom stereocenters. The Bertz CT molecular complexity index is 2510. The average Bonchev–Trinajstić information content (AvgIpc) is 3.80. The minimum absolute atomic E-state index is 0.0973. The number of amides is 4. The molecule has 0 saturated carbocycles. The number of methoxy groups -OCH3 is 1. The highest BCUT2D eigenvalue weighted by molar-refractivity contribution is 5.97. The van der Waals surface area contributed by atoms with Crippen molar-refractivity contribution in [1.82, 2.24) is 30.1 Å². The van der Waals surface area contributed by atoms with Crippen molar-refractivity contribution in [2.45, 2.75) is 123 Å². The number of fused-ring (bicyclic) bond motifs is 6. The van der Waals surface area contributed by atoms with E-state index in [1.54, 1.807) is 18.2 Å². The number of likely N-dealkylation sites (tertiary alicyclic amines) is 1. The number of hydrazine groups is 1. The Morgan fingerprint density at radius 3 is 2.43 bits per heavy atom. The van der Waals surface area contributed by atoms with Crippen molar-refractivity contribution < 1.29 is 38.2 Å². The predicted molar refractivity (Wildman–Crippen MR) is 263 cm³/mol. The molecule has 2 aromatic carbocycles. The molecule has 3 aromatic rings. The van der Waals surface area contributed by atoms with Crippen LogP contribution in [-0.4, -0.2) is 125 Å². The molecule has 4 atom stereocenters. The highest BCUT2D eigenvalue weighted by atomic mass is 16.5. The Kier molecular flexibility index (Phi) is 15.3. The molecule has 1 aromatic heterocycles. The molecule has 1 spiro atoms. The third kappa shape index (κ3) is 9.97. The molecule has 0 aliphatic carbocycles. The van der Waals surface area contributed by atoms with Gasteiger partial charge in [-0.25, -0.2) is 5.43 Å². The maximum absolute atomic E-state index is 14.8. The normalized spacial score (nSPS) is 22.2. The SMILES string of the molecule is C=CC(=O)N1CCC2(CC1)OCN([C@H](C(=O)N[C@H]1Cc3cccc(c3)-c3ccc4c(c3)c(c(/C(C=C)=C(/N=CC)[C@H](C)OC)n4CC)CC(C)(C)COC(=O)[C@@H]3CCCN(N3)C1=O)C(C)C)C2=O. The lowest BCUT2D eigenvalue weighted by molar-refractivity contribution is -0.155. The second kappa shape index (κ2) is 20.8. The molecule has 7 rings (SSSR count). The zero-order chi connectivity index (χ0) is 49.1. The van der Waals surface area contributed by atoms with Crippen LogP contribution in [0.25, 0.3) is 27.6 Å². The summed E-state index contributed by atoms with van der Waals surface area (Å²) in [5.74, 6) is -2.22. The van der Waals surface area contributed by atoms with Crippen molar-refractivity contribution in [2.75, 3.05) is 40.1 Å². The highest BCUT2D eigenvalue weighted by Gasteiger charge is 2.53. The van der Waals surface area contributed by atoms with Crippen LogP contribution in [0.15, 0.2) is 78.5 Å². The van der Waals surface area contributed by atoms with E-state index in [2.05, 4.69) is 73.5 Å². The number of aromatic nitrogens is 1. The quantitative estimate of drug-likeness (QED) is 0.0961. The van der Waals surface area contributed by atoms with E-state index in [1.165, 1.54) is 16.0 Å². The van der Waals surface area contributed by atoms with E-state index in [1.807, 2.05) is 52.0 Å². The van der Waals surface area contributed by atoms with Crippen LogP contribution in [0.4, 0.5) is 0 Å². The fourth-order valence-corrected chi connectivity index (χ4v) is 10.3. The Morgan fingerprint density at radius 2 is 1.76 bits per heavy atom.